The summed E-state index contributed by atoms with van der Waals surface area (Å²) in [5.41, 5.74) is 1.63. The van der Waals surface area contributed by atoms with Gasteiger partial charge in [0.15, 0.2) is 0 Å². The van der Waals surface area contributed by atoms with Gasteiger partial charge >= 0.3 is 0 Å². The number of imide groups is 1. The minimum absolute atomic E-state index is 0.112. The topological polar surface area (TPSA) is 75.7 Å². The summed E-state index contributed by atoms with van der Waals surface area (Å²) >= 11 is 0. The quantitative estimate of drug-likeness (QED) is 0.626. The lowest BCUT2D eigenvalue weighted by Crippen LogP contribution is -2.38. The number of ether oxygens (including phenoxy) is 1. The molecule has 0 aromatic heterocycles. The summed E-state index contributed by atoms with van der Waals surface area (Å²) in [6.45, 7) is 0. The van der Waals surface area contributed by atoms with E-state index in [2.05, 4.69) is 17.5 Å². The third kappa shape index (κ3) is 2.91. The molecule has 3 amide bonds. The van der Waals surface area contributed by atoms with Crippen molar-refractivity contribution in [2.45, 2.75) is 12.8 Å². The highest BCUT2D eigenvalue weighted by molar-refractivity contribution is 6.22. The van der Waals surface area contributed by atoms with Crippen LogP contribution in [0.4, 0.5) is 11.4 Å². The van der Waals surface area contributed by atoms with E-state index in [4.69, 9.17) is 4.74 Å². The lowest BCUT2D eigenvalue weighted by Gasteiger charge is -2.38. The van der Waals surface area contributed by atoms with Crippen molar-refractivity contribution in [1.29, 1.82) is 0 Å². The molecule has 2 aromatic rings. The first-order valence-electron chi connectivity index (χ1n) is 10.2. The van der Waals surface area contributed by atoms with Crippen LogP contribution >= 0.6 is 0 Å². The number of nitrogens with zero attached hydrogens (tertiary/aromatic N) is 1. The number of allylic oxidation sites excluding steroid dienone is 2. The number of amides is 3. The molecule has 4 aliphatic rings. The monoisotopic (exact) mass is 402 g/mol. The molecular formula is C24H22N2O4. The highest BCUT2D eigenvalue weighted by Gasteiger charge is 2.56. The number of benzene rings is 2. The summed E-state index contributed by atoms with van der Waals surface area (Å²) in [7, 11) is 1.58. The molecule has 1 aliphatic heterocycles. The van der Waals surface area contributed by atoms with Crippen molar-refractivity contribution in [3.05, 3.63) is 66.2 Å². The molecule has 30 heavy (non-hydrogen) atoms. The molecule has 152 valence electrons. The van der Waals surface area contributed by atoms with Crippen LogP contribution < -0.4 is 15.0 Å². The molecule has 1 saturated carbocycles. The van der Waals surface area contributed by atoms with Gasteiger partial charge in [-0.3, -0.25) is 19.3 Å². The lowest BCUT2D eigenvalue weighted by atomic mass is 9.63. The standard InChI is InChI=1S/C24H22N2O4/c1-30-19-12-8-17(9-13-19)25-22(27)16-6-10-18(11-7-16)26-23(28)20-14-2-3-15(5-4-14)21(20)24(26)29/h2-3,6-15,20-21H,4-5H2,1H3,(H,25,27). The SMILES string of the molecule is COc1ccc(NC(=O)c2ccc(N3C(=O)C4C5C=CC(CC5)C4C3=O)cc2)cc1. The van der Waals surface area contributed by atoms with Gasteiger partial charge in [-0.15, -0.1) is 0 Å². The van der Waals surface area contributed by atoms with Gasteiger partial charge in [0, 0.05) is 11.3 Å². The van der Waals surface area contributed by atoms with Gasteiger partial charge in [0.25, 0.3) is 5.91 Å². The number of fused-ring (bicyclic) bond motifs is 1. The smallest absolute Gasteiger partial charge is 0.255 e. The van der Waals surface area contributed by atoms with Crippen LogP contribution in [0, 0.1) is 23.7 Å². The van der Waals surface area contributed by atoms with E-state index in [-0.39, 0.29) is 41.4 Å². The van der Waals surface area contributed by atoms with Gasteiger partial charge in [0.2, 0.25) is 11.8 Å². The molecule has 1 saturated heterocycles. The number of anilines is 2. The Labute approximate surface area is 174 Å². The molecule has 0 spiro atoms. The van der Waals surface area contributed by atoms with Gasteiger partial charge in [-0.05, 0) is 73.2 Å². The molecule has 6 heteroatoms. The summed E-state index contributed by atoms with van der Waals surface area (Å²) in [4.78, 5) is 39.9. The number of hydrogen-bond donors (Lipinski definition) is 1. The van der Waals surface area contributed by atoms with Crippen molar-refractivity contribution in [3.63, 3.8) is 0 Å². The highest BCUT2D eigenvalue weighted by Crippen LogP contribution is 2.50. The molecule has 0 radical (unpaired) electrons. The molecule has 6 nitrogen and oxygen atoms in total. The first-order chi connectivity index (χ1) is 14.6. The molecule has 1 heterocycles. The van der Waals surface area contributed by atoms with Crippen molar-refractivity contribution < 1.29 is 19.1 Å². The molecule has 3 aliphatic carbocycles. The second kappa shape index (κ2) is 7.13. The Kier molecular flexibility index (Phi) is 4.42. The van der Waals surface area contributed by atoms with Crippen LogP contribution in [-0.4, -0.2) is 24.8 Å². The van der Waals surface area contributed by atoms with Gasteiger partial charge in [-0.2, -0.15) is 0 Å². The average molecular weight is 402 g/mol. The van der Waals surface area contributed by atoms with Gasteiger partial charge in [0.1, 0.15) is 5.75 Å². The van der Waals surface area contributed by atoms with E-state index in [9.17, 15) is 14.4 Å². The minimum Gasteiger partial charge on any atom is -0.497 e. The molecule has 1 N–H and O–H groups in total. The fraction of sp³-hybridized carbons (Fsp3) is 0.292. The van der Waals surface area contributed by atoms with E-state index in [0.29, 0.717) is 22.7 Å². The van der Waals surface area contributed by atoms with E-state index >= 15 is 0 Å². The summed E-state index contributed by atoms with van der Waals surface area (Å²) in [5.74, 6) is 0.0766. The normalized spacial score (nSPS) is 26.6. The van der Waals surface area contributed by atoms with Crippen LogP contribution in [0.15, 0.2) is 60.7 Å². The zero-order valence-electron chi connectivity index (χ0n) is 16.6. The number of carbonyl (C=O) groups is 3. The number of hydrogen-bond acceptors (Lipinski definition) is 4. The maximum atomic E-state index is 13.0. The number of carbonyl (C=O) groups excluding carboxylic acids is 3. The van der Waals surface area contributed by atoms with Crippen molar-refractivity contribution in [2.75, 3.05) is 17.3 Å². The molecule has 4 atom stereocenters. The van der Waals surface area contributed by atoms with Gasteiger partial charge in [0.05, 0.1) is 24.6 Å². The van der Waals surface area contributed by atoms with E-state index < -0.39 is 0 Å². The fourth-order valence-electron chi connectivity index (χ4n) is 4.97. The van der Waals surface area contributed by atoms with Crippen molar-refractivity contribution in [2.24, 2.45) is 23.7 Å². The fourth-order valence-corrected chi connectivity index (χ4v) is 4.97. The van der Waals surface area contributed by atoms with Crippen LogP contribution in [-0.2, 0) is 9.59 Å². The Bertz CT molecular complexity index is 1010. The first-order valence-corrected chi connectivity index (χ1v) is 10.2. The molecule has 4 unspecified atom stereocenters. The van der Waals surface area contributed by atoms with Crippen LogP contribution in [0.5, 0.6) is 5.75 Å². The number of nitrogens with one attached hydrogen (secondary N) is 1. The summed E-state index contributed by atoms with van der Waals surface area (Å²) in [5, 5.41) is 2.83. The maximum absolute atomic E-state index is 13.0. The Hall–Kier alpha value is -3.41. The minimum atomic E-state index is -0.262. The van der Waals surface area contributed by atoms with Crippen LogP contribution in [0.1, 0.15) is 23.2 Å². The van der Waals surface area contributed by atoms with Crippen LogP contribution in [0.2, 0.25) is 0 Å². The summed E-state index contributed by atoms with van der Waals surface area (Å²) in [6.07, 6.45) is 6.16. The largest absolute Gasteiger partial charge is 0.497 e. The predicted molar refractivity (Wildman–Crippen MR) is 112 cm³/mol. The summed E-state index contributed by atoms with van der Waals surface area (Å²) in [6, 6.07) is 13.7. The second-order valence-corrected chi connectivity index (χ2v) is 8.08. The molecule has 6 rings (SSSR count). The van der Waals surface area contributed by atoms with Crippen molar-refractivity contribution >= 4 is 29.1 Å². The number of rotatable bonds is 4. The Morgan fingerprint density at radius 1 is 0.900 bits per heavy atom. The molecule has 2 aromatic carbocycles. The third-order valence-corrected chi connectivity index (χ3v) is 6.49. The summed E-state index contributed by atoms with van der Waals surface area (Å²) < 4.78 is 5.11. The zero-order chi connectivity index (χ0) is 20.8. The third-order valence-electron chi connectivity index (χ3n) is 6.49. The lowest BCUT2D eigenvalue weighted by molar-refractivity contribution is -0.124. The van der Waals surface area contributed by atoms with Crippen molar-refractivity contribution in [3.8, 4) is 5.75 Å². The van der Waals surface area contributed by atoms with Gasteiger partial charge < -0.3 is 10.1 Å². The Morgan fingerprint density at radius 2 is 1.47 bits per heavy atom. The van der Waals surface area contributed by atoms with Crippen LogP contribution in [0.3, 0.4) is 0 Å². The Balaban J connectivity index is 1.33. The zero-order valence-corrected chi connectivity index (χ0v) is 16.6. The first kappa shape index (κ1) is 18.6. The van der Waals surface area contributed by atoms with E-state index in [1.807, 2.05) is 0 Å². The van der Waals surface area contributed by atoms with E-state index in [1.165, 1.54) is 4.90 Å². The van der Waals surface area contributed by atoms with Crippen LogP contribution in [0.25, 0.3) is 0 Å². The highest BCUT2D eigenvalue weighted by atomic mass is 16.5. The Morgan fingerprint density at radius 3 is 1.97 bits per heavy atom. The average Bonchev–Trinajstić information content (AvgIpc) is 3.07. The second-order valence-electron chi connectivity index (χ2n) is 8.08. The van der Waals surface area contributed by atoms with E-state index in [0.717, 1.165) is 12.8 Å². The maximum Gasteiger partial charge on any atom is 0.255 e. The van der Waals surface area contributed by atoms with Gasteiger partial charge in [-0.25, -0.2) is 0 Å². The number of methoxy groups -OCH3 is 1. The predicted octanol–water partition coefficient (Wildman–Crippen LogP) is 3.65. The van der Waals surface area contributed by atoms with Crippen molar-refractivity contribution in [1.82, 2.24) is 0 Å². The van der Waals surface area contributed by atoms with E-state index in [1.54, 1.807) is 55.6 Å². The molecule has 2 bridgehead atoms. The molecular weight excluding hydrogens is 380 g/mol. The van der Waals surface area contributed by atoms with Gasteiger partial charge in [-0.1, -0.05) is 12.2 Å². The molecule has 2 fully saturated rings.